The molecule has 0 radical (unpaired) electrons. The lowest BCUT2D eigenvalue weighted by atomic mass is 9.79. The first-order chi connectivity index (χ1) is 20.6. The van der Waals surface area contributed by atoms with Crippen LogP contribution in [0, 0.1) is 0 Å². The van der Waals surface area contributed by atoms with Crippen molar-refractivity contribution in [2.24, 2.45) is 0 Å². The van der Waals surface area contributed by atoms with Crippen LogP contribution in [0.5, 0.6) is 0 Å². The summed E-state index contributed by atoms with van der Waals surface area (Å²) in [4.78, 5) is 4.82. The van der Waals surface area contributed by atoms with E-state index < -0.39 is 0 Å². The number of aromatic nitrogens is 1. The highest BCUT2D eigenvalue weighted by Crippen LogP contribution is 2.52. The molecule has 2 heteroatoms. The van der Waals surface area contributed by atoms with Crippen LogP contribution in [0.3, 0.4) is 0 Å². The second-order valence-corrected chi connectivity index (χ2v) is 12.0. The highest BCUT2D eigenvalue weighted by atomic mass is 16.3. The Hall–Kier alpha value is -5.21. The highest BCUT2D eigenvalue weighted by Gasteiger charge is 2.37. The fourth-order valence-electron chi connectivity index (χ4n) is 7.20. The van der Waals surface area contributed by atoms with Gasteiger partial charge in [-0.25, -0.2) is 4.98 Å². The molecule has 7 aromatic carbocycles. The molecule has 0 saturated heterocycles. The van der Waals surface area contributed by atoms with Crippen molar-refractivity contribution in [3.63, 3.8) is 0 Å². The van der Waals surface area contributed by atoms with Crippen LogP contribution in [0.1, 0.15) is 25.0 Å². The number of rotatable bonds is 2. The van der Waals surface area contributed by atoms with Gasteiger partial charge in [-0.15, -0.1) is 0 Å². The number of fused-ring (bicyclic) bond motifs is 10. The monoisotopic (exact) mass is 537 g/mol. The van der Waals surface area contributed by atoms with Crippen LogP contribution in [0.25, 0.3) is 77.1 Å². The standard InChI is InChI=1S/C40H27NO/c1-40(2)34-23-28(16-19-32(34)33-20-14-24-8-6-7-11-31(24)37(33)40)27-15-18-30-29(22-27)13-12-25-17-21-35-38(36(25)30)42-39(41-35)26-9-4-3-5-10-26/h3-23H,1-2H3. The summed E-state index contributed by atoms with van der Waals surface area (Å²) in [6.07, 6.45) is 0. The molecule has 0 aliphatic heterocycles. The Morgan fingerprint density at radius 3 is 2.17 bits per heavy atom. The van der Waals surface area contributed by atoms with Crippen LogP contribution < -0.4 is 0 Å². The lowest BCUT2D eigenvalue weighted by Crippen LogP contribution is -2.15. The van der Waals surface area contributed by atoms with Gasteiger partial charge in [0.25, 0.3) is 0 Å². The minimum absolute atomic E-state index is 0.0804. The van der Waals surface area contributed by atoms with Crippen LogP contribution in [-0.4, -0.2) is 4.98 Å². The molecule has 198 valence electrons. The molecule has 0 atom stereocenters. The van der Waals surface area contributed by atoms with E-state index in [9.17, 15) is 0 Å². The van der Waals surface area contributed by atoms with Gasteiger partial charge < -0.3 is 4.42 Å². The Bertz CT molecular complexity index is 2380. The van der Waals surface area contributed by atoms with Crippen LogP contribution in [0.2, 0.25) is 0 Å². The van der Waals surface area contributed by atoms with Crippen molar-refractivity contribution >= 4 is 43.4 Å². The highest BCUT2D eigenvalue weighted by molar-refractivity contribution is 6.18. The summed E-state index contributed by atoms with van der Waals surface area (Å²) in [6, 6.07) is 45.9. The fourth-order valence-corrected chi connectivity index (χ4v) is 7.20. The summed E-state index contributed by atoms with van der Waals surface area (Å²) in [7, 11) is 0. The second-order valence-electron chi connectivity index (χ2n) is 12.0. The smallest absolute Gasteiger partial charge is 0.227 e. The van der Waals surface area contributed by atoms with Crippen LogP contribution in [0.15, 0.2) is 132 Å². The largest absolute Gasteiger partial charge is 0.435 e. The molecule has 1 aliphatic rings. The van der Waals surface area contributed by atoms with Gasteiger partial charge in [-0.1, -0.05) is 111 Å². The number of oxazole rings is 1. The first-order valence-corrected chi connectivity index (χ1v) is 14.6. The molecule has 0 fully saturated rings. The third kappa shape index (κ3) is 3.24. The predicted molar refractivity (Wildman–Crippen MR) is 175 cm³/mol. The molecule has 0 unspecified atom stereocenters. The van der Waals surface area contributed by atoms with Crippen molar-refractivity contribution in [2.45, 2.75) is 19.3 Å². The van der Waals surface area contributed by atoms with Crippen LogP contribution >= 0.6 is 0 Å². The van der Waals surface area contributed by atoms with E-state index in [1.165, 1.54) is 54.9 Å². The lowest BCUT2D eigenvalue weighted by molar-refractivity contribution is 0.623. The van der Waals surface area contributed by atoms with E-state index in [4.69, 9.17) is 9.40 Å². The molecule has 1 aromatic heterocycles. The summed E-state index contributed by atoms with van der Waals surface area (Å²) in [6.45, 7) is 4.74. The molecule has 0 N–H and O–H groups in total. The van der Waals surface area contributed by atoms with Crippen LogP contribution in [-0.2, 0) is 5.41 Å². The van der Waals surface area contributed by atoms with Gasteiger partial charge >= 0.3 is 0 Å². The zero-order valence-electron chi connectivity index (χ0n) is 23.5. The fraction of sp³-hybridized carbons (Fsp3) is 0.0750. The van der Waals surface area contributed by atoms with E-state index in [0.29, 0.717) is 5.89 Å². The summed E-state index contributed by atoms with van der Waals surface area (Å²) < 4.78 is 6.41. The van der Waals surface area contributed by atoms with E-state index in [0.717, 1.165) is 27.4 Å². The Kier molecular flexibility index (Phi) is 4.70. The molecule has 42 heavy (non-hydrogen) atoms. The molecule has 2 nitrogen and oxygen atoms in total. The maximum absolute atomic E-state index is 6.41. The molecule has 0 saturated carbocycles. The Morgan fingerprint density at radius 2 is 1.26 bits per heavy atom. The molecular formula is C40H27NO. The van der Waals surface area contributed by atoms with E-state index >= 15 is 0 Å². The van der Waals surface area contributed by atoms with Gasteiger partial charge in [-0.3, -0.25) is 0 Å². The number of benzene rings is 7. The van der Waals surface area contributed by atoms with Gasteiger partial charge in [-0.2, -0.15) is 0 Å². The van der Waals surface area contributed by atoms with Crippen molar-refractivity contribution in [2.75, 3.05) is 0 Å². The molecule has 8 aromatic rings. The zero-order valence-corrected chi connectivity index (χ0v) is 23.5. The topological polar surface area (TPSA) is 26.0 Å². The number of nitrogens with zero attached hydrogens (tertiary/aromatic N) is 1. The van der Waals surface area contributed by atoms with Crippen molar-refractivity contribution in [3.05, 3.63) is 139 Å². The minimum atomic E-state index is -0.0804. The second kappa shape index (κ2) is 8.41. The van der Waals surface area contributed by atoms with Gasteiger partial charge in [0.1, 0.15) is 5.52 Å². The van der Waals surface area contributed by atoms with Gasteiger partial charge in [0.05, 0.1) is 0 Å². The lowest BCUT2D eigenvalue weighted by Gasteiger charge is -2.23. The van der Waals surface area contributed by atoms with Gasteiger partial charge in [0.15, 0.2) is 5.58 Å². The summed E-state index contributed by atoms with van der Waals surface area (Å²) in [5.74, 6) is 0.654. The third-order valence-corrected chi connectivity index (χ3v) is 9.24. The first kappa shape index (κ1) is 23.5. The molecular weight excluding hydrogens is 510 g/mol. The van der Waals surface area contributed by atoms with Crippen LogP contribution in [0.4, 0.5) is 0 Å². The van der Waals surface area contributed by atoms with E-state index in [-0.39, 0.29) is 5.41 Å². The molecule has 0 spiro atoms. The average Bonchev–Trinajstić information content (AvgIpc) is 3.58. The van der Waals surface area contributed by atoms with Gasteiger partial charge in [0.2, 0.25) is 5.89 Å². The van der Waals surface area contributed by atoms with Crippen molar-refractivity contribution in [1.29, 1.82) is 0 Å². The number of hydrogen-bond acceptors (Lipinski definition) is 2. The average molecular weight is 538 g/mol. The summed E-state index contributed by atoms with van der Waals surface area (Å²) in [5, 5.41) is 7.30. The Labute approximate surface area is 243 Å². The molecule has 9 rings (SSSR count). The molecule has 1 heterocycles. The van der Waals surface area contributed by atoms with Gasteiger partial charge in [-0.05, 0) is 90.6 Å². The normalized spacial score (nSPS) is 13.7. The van der Waals surface area contributed by atoms with Crippen molar-refractivity contribution in [3.8, 4) is 33.7 Å². The van der Waals surface area contributed by atoms with Gasteiger partial charge in [0, 0.05) is 16.4 Å². The Balaban J connectivity index is 1.19. The SMILES string of the molecule is CC1(C)c2cc(-c3ccc4c(ccc5ccc6nc(-c7ccccc7)oc6c54)c3)ccc2-c2ccc3ccccc3c21. The summed E-state index contributed by atoms with van der Waals surface area (Å²) >= 11 is 0. The van der Waals surface area contributed by atoms with Crippen molar-refractivity contribution < 1.29 is 4.42 Å². The minimum Gasteiger partial charge on any atom is -0.435 e. The van der Waals surface area contributed by atoms with Crippen molar-refractivity contribution in [1.82, 2.24) is 4.98 Å². The van der Waals surface area contributed by atoms with E-state index in [2.05, 4.69) is 111 Å². The van der Waals surface area contributed by atoms with E-state index in [1.54, 1.807) is 0 Å². The maximum atomic E-state index is 6.41. The summed E-state index contributed by atoms with van der Waals surface area (Å²) in [5.41, 5.74) is 10.6. The maximum Gasteiger partial charge on any atom is 0.227 e. The molecule has 0 amide bonds. The quantitative estimate of drug-likeness (QED) is 0.205. The Morgan fingerprint density at radius 1 is 0.548 bits per heavy atom. The predicted octanol–water partition coefficient (Wildman–Crippen LogP) is 10.9. The first-order valence-electron chi connectivity index (χ1n) is 14.6. The molecule has 1 aliphatic carbocycles. The third-order valence-electron chi connectivity index (χ3n) is 9.24. The van der Waals surface area contributed by atoms with E-state index in [1.807, 2.05) is 30.3 Å². The molecule has 0 bridgehead atoms. The zero-order chi connectivity index (χ0) is 28.0. The number of hydrogen-bond donors (Lipinski definition) is 0.